The molecule has 1 aromatic carbocycles. The monoisotopic (exact) mass is 1010 g/mol. The van der Waals surface area contributed by atoms with E-state index in [1.807, 2.05) is 49.6 Å². The molecule has 1 fully saturated rings. The molecule has 24 heteroatoms. The molecule has 3 aliphatic heterocycles. The van der Waals surface area contributed by atoms with Crippen LogP contribution in [0.2, 0.25) is 0 Å². The second-order valence-corrected chi connectivity index (χ2v) is 21.3. The molecule has 1 atom stereocenters. The first-order valence-corrected chi connectivity index (χ1v) is 25.3. The van der Waals surface area contributed by atoms with Gasteiger partial charge in [0.2, 0.25) is 5.36 Å². The largest absolute Gasteiger partial charge is 1.00 e. The summed E-state index contributed by atoms with van der Waals surface area (Å²) in [5.41, 5.74) is 1.59. The summed E-state index contributed by atoms with van der Waals surface area (Å²) in [5.74, 6) is -2.42. The fraction of sp³-hybridized carbons (Fsp3) is 0.488. The van der Waals surface area contributed by atoms with Crippen LogP contribution < -0.4 is 73.9 Å². The van der Waals surface area contributed by atoms with Crippen LogP contribution in [-0.2, 0) is 69.9 Å². The number of carbonyl (C=O) groups is 3. The second-order valence-electron chi connectivity index (χ2n) is 16.9. The Morgan fingerprint density at radius 3 is 2.15 bits per heavy atom. The van der Waals surface area contributed by atoms with E-state index < -0.39 is 70.0 Å². The molecule has 1 aliphatic carbocycles. The molecule has 19 nitrogen and oxygen atoms in total. The Bertz CT molecular complexity index is 2720. The molecule has 0 N–H and O–H groups in total. The molecule has 1 unspecified atom stereocenters. The van der Waals surface area contributed by atoms with Crippen molar-refractivity contribution in [2.75, 3.05) is 63.0 Å². The average molecular weight is 1010 g/mol. The minimum absolute atomic E-state index is 0. The molecule has 0 spiro atoms. The molecule has 0 bridgehead atoms. The number of rotatable bonds is 21. The fourth-order valence-electron chi connectivity index (χ4n) is 7.84. The van der Waals surface area contributed by atoms with Crippen molar-refractivity contribution in [1.29, 1.82) is 0 Å². The molecule has 4 aliphatic rings. The summed E-state index contributed by atoms with van der Waals surface area (Å²) in [6.07, 6.45) is 4.72. The Balaban J connectivity index is 0.00000595. The van der Waals surface area contributed by atoms with Crippen molar-refractivity contribution >= 4 is 59.9 Å². The smallest absolute Gasteiger partial charge is 0.748 e. The van der Waals surface area contributed by atoms with Crippen LogP contribution in [0.3, 0.4) is 0 Å². The van der Waals surface area contributed by atoms with Crippen molar-refractivity contribution in [3.8, 4) is 11.3 Å². The van der Waals surface area contributed by atoms with E-state index in [-0.39, 0.29) is 129 Å². The number of ether oxygens (including phenoxy) is 2. The predicted octanol–water partition coefficient (Wildman–Crippen LogP) is -3.04. The number of hydrogen-bond donors (Lipinski definition) is 0. The Morgan fingerprint density at radius 1 is 0.881 bits per heavy atom. The van der Waals surface area contributed by atoms with Gasteiger partial charge in [0.25, 0.3) is 11.8 Å². The van der Waals surface area contributed by atoms with E-state index in [0.717, 1.165) is 17.2 Å². The minimum Gasteiger partial charge on any atom is -0.748 e. The van der Waals surface area contributed by atoms with Gasteiger partial charge in [-0.25, -0.2) is 34.6 Å². The van der Waals surface area contributed by atoms with Crippen LogP contribution in [0.15, 0.2) is 69.6 Å². The third-order valence-corrected chi connectivity index (χ3v) is 13.4. The zero-order valence-corrected chi connectivity index (χ0v) is 45.2. The SMILES string of the molecule is COCC[N+](CCCS(=O)(=O)[O-])=c1ccc2c(C(C)(C)C)cc(/C=C/C=C3/N(CCOCCC(=O)ON4C(=O)CCC4=O)c4ccc(S(=O)(=O)[O-])cc4C3(C)CCCS(=O)(=O)[O-])oc-2c1.[Na+].[Na+]. The van der Waals surface area contributed by atoms with Crippen LogP contribution in [0.25, 0.3) is 17.4 Å². The normalized spacial score (nSPS) is 17.8. The minimum atomic E-state index is -4.93. The number of fused-ring (bicyclic) bond motifs is 2. The van der Waals surface area contributed by atoms with Gasteiger partial charge >= 0.3 is 65.1 Å². The maximum Gasteiger partial charge on any atom is 1.00 e. The summed E-state index contributed by atoms with van der Waals surface area (Å²) in [6, 6.07) is 11.4. The van der Waals surface area contributed by atoms with Crippen LogP contribution in [0, 0.1) is 0 Å². The number of benzene rings is 2. The number of allylic oxidation sites excluding steroid dienone is 3. The molecule has 5 rings (SSSR count). The molecule has 356 valence electrons. The third kappa shape index (κ3) is 16.1. The number of amides is 2. The standard InChI is InChI=1S/C43H55N3O16S3.2Na/c1-42(2,3)34-28-31(61-37-27-30(11-13-33(34)37)44(20-23-59-5)19-8-26-64(53,54)55)9-6-10-38-43(4,18-7-25-63(50,51)52)35-29-32(65(56,57)58)12-14-36(35)45(38)21-24-60-22-17-41(49)62-46-39(47)15-16-40(46)48;;/h6,9-14,27-29H,7-8,15-26H2,1-5H3,(H2-,50,51,52,53,54,55,56,57,58);;/q;2*+1/p-2. The quantitative estimate of drug-likeness (QED) is 0.0337. The van der Waals surface area contributed by atoms with E-state index in [1.165, 1.54) is 12.1 Å². The molecular weight excluding hydrogens is 957 g/mol. The van der Waals surface area contributed by atoms with Crippen LogP contribution in [0.5, 0.6) is 0 Å². The van der Waals surface area contributed by atoms with Crippen molar-refractivity contribution in [2.45, 2.75) is 81.9 Å². The maximum atomic E-state index is 12.4. The van der Waals surface area contributed by atoms with Crippen LogP contribution >= 0.6 is 0 Å². The summed E-state index contributed by atoms with van der Waals surface area (Å²) in [5, 5.41) is 1.14. The third-order valence-electron chi connectivity index (χ3n) is 11.0. The van der Waals surface area contributed by atoms with Gasteiger partial charge < -0.3 is 37.3 Å². The first kappa shape index (κ1) is 58.5. The molecule has 0 radical (unpaired) electrons. The molecule has 67 heavy (non-hydrogen) atoms. The molecule has 3 heterocycles. The Labute approximate surface area is 435 Å². The summed E-state index contributed by atoms with van der Waals surface area (Å²) < 4.78 is 125. The van der Waals surface area contributed by atoms with E-state index in [4.69, 9.17) is 18.7 Å². The number of imide groups is 1. The van der Waals surface area contributed by atoms with Gasteiger partial charge in [-0.3, -0.25) is 9.59 Å². The van der Waals surface area contributed by atoms with Gasteiger partial charge in [0.05, 0.1) is 50.8 Å². The number of nitrogens with zero attached hydrogens (tertiary/aromatic N) is 3. The van der Waals surface area contributed by atoms with E-state index in [2.05, 4.69) is 0 Å². The van der Waals surface area contributed by atoms with Gasteiger partial charge in [-0.05, 0) is 78.8 Å². The number of carbonyl (C=O) groups excluding carboxylic acids is 3. The van der Waals surface area contributed by atoms with Gasteiger partial charge in [-0.1, -0.05) is 26.8 Å². The van der Waals surface area contributed by atoms with Crippen LogP contribution in [0.4, 0.5) is 5.69 Å². The van der Waals surface area contributed by atoms with E-state index in [0.29, 0.717) is 52.0 Å². The van der Waals surface area contributed by atoms with Crippen molar-refractivity contribution < 1.29 is 131 Å². The Kier molecular flexibility index (Phi) is 21.3. The van der Waals surface area contributed by atoms with E-state index in [9.17, 15) is 53.3 Å². The van der Waals surface area contributed by atoms with Crippen molar-refractivity contribution in [3.05, 3.63) is 82.6 Å². The van der Waals surface area contributed by atoms with Crippen molar-refractivity contribution in [1.82, 2.24) is 9.64 Å². The summed E-state index contributed by atoms with van der Waals surface area (Å²) in [4.78, 5) is 42.3. The molecule has 0 aromatic heterocycles. The van der Waals surface area contributed by atoms with Gasteiger partial charge in [0.1, 0.15) is 34.8 Å². The zero-order valence-electron chi connectivity index (χ0n) is 38.8. The molecular formula is C43H53N3Na2O16S3. The number of anilines is 1. The van der Waals surface area contributed by atoms with E-state index >= 15 is 0 Å². The number of hydrogen-bond acceptors (Lipinski definition) is 17. The summed E-state index contributed by atoms with van der Waals surface area (Å²) >= 11 is 0. The first-order chi connectivity index (χ1) is 30.3. The van der Waals surface area contributed by atoms with Gasteiger partial charge in [0, 0.05) is 72.9 Å². The summed E-state index contributed by atoms with van der Waals surface area (Å²) in [7, 11) is -12.4. The average Bonchev–Trinajstić information content (AvgIpc) is 3.63. The maximum absolute atomic E-state index is 12.4. The zero-order chi connectivity index (χ0) is 48.0. The van der Waals surface area contributed by atoms with Crippen molar-refractivity contribution in [3.63, 3.8) is 0 Å². The van der Waals surface area contributed by atoms with Crippen LogP contribution in [0.1, 0.15) is 83.1 Å². The molecule has 1 saturated heterocycles. The predicted molar refractivity (Wildman–Crippen MR) is 233 cm³/mol. The van der Waals surface area contributed by atoms with Gasteiger partial charge in [-0.15, -0.1) is 5.06 Å². The fourth-order valence-corrected chi connectivity index (χ4v) is 9.32. The first-order valence-electron chi connectivity index (χ1n) is 20.7. The topological polar surface area (TPSA) is 273 Å². The second kappa shape index (κ2) is 24.3. The van der Waals surface area contributed by atoms with Gasteiger partial charge in [0.15, 0.2) is 6.54 Å². The molecule has 0 saturated carbocycles. The number of methoxy groups -OCH3 is 1. The van der Waals surface area contributed by atoms with Crippen LogP contribution in [-0.4, -0.2) is 120 Å². The Hall–Kier alpha value is -2.81. The molecule has 1 aromatic rings. The van der Waals surface area contributed by atoms with E-state index in [1.54, 1.807) is 37.2 Å². The Morgan fingerprint density at radius 2 is 1.54 bits per heavy atom. The summed E-state index contributed by atoms with van der Waals surface area (Å²) in [6.45, 7) is 8.77. The van der Waals surface area contributed by atoms with Gasteiger partial charge in [-0.2, -0.15) is 0 Å². The van der Waals surface area contributed by atoms with Crippen molar-refractivity contribution in [2.24, 2.45) is 0 Å². The molecule has 2 amide bonds. The number of hydroxylamine groups is 2.